The maximum absolute atomic E-state index is 14.7. The van der Waals surface area contributed by atoms with Crippen LogP contribution < -0.4 is 10.6 Å². The van der Waals surface area contributed by atoms with Gasteiger partial charge in [0.2, 0.25) is 5.95 Å². The second kappa shape index (κ2) is 9.66. The summed E-state index contributed by atoms with van der Waals surface area (Å²) in [6.07, 6.45) is 3.43. The Bertz CT molecular complexity index is 1140. The number of nitrogens with one attached hydrogen (secondary N) is 2. The summed E-state index contributed by atoms with van der Waals surface area (Å²) < 4.78 is 16.8. The van der Waals surface area contributed by atoms with Crippen LogP contribution in [0, 0.1) is 12.7 Å². The van der Waals surface area contributed by atoms with Crippen molar-refractivity contribution in [2.45, 2.75) is 46.2 Å². The lowest BCUT2D eigenvalue weighted by molar-refractivity contribution is 0.0915. The Morgan fingerprint density at radius 1 is 1.21 bits per heavy atom. The quantitative estimate of drug-likeness (QED) is 0.532. The second-order valence-corrected chi connectivity index (χ2v) is 9.13. The number of imidazole rings is 1. The number of nitrogens with zero attached hydrogens (tertiary/aromatic N) is 5. The van der Waals surface area contributed by atoms with Gasteiger partial charge >= 0.3 is 0 Å². The van der Waals surface area contributed by atoms with E-state index in [9.17, 15) is 9.18 Å². The van der Waals surface area contributed by atoms with E-state index in [-0.39, 0.29) is 17.1 Å². The van der Waals surface area contributed by atoms with E-state index in [0.717, 1.165) is 11.5 Å². The van der Waals surface area contributed by atoms with Crippen LogP contribution in [0.3, 0.4) is 0 Å². The first-order valence-corrected chi connectivity index (χ1v) is 10.9. The summed E-state index contributed by atoms with van der Waals surface area (Å²) in [4.78, 5) is 27.7. The third-order valence-corrected chi connectivity index (χ3v) is 5.78. The average Bonchev–Trinajstić information content (AvgIpc) is 3.14. The van der Waals surface area contributed by atoms with Gasteiger partial charge in [0.25, 0.3) is 5.91 Å². The van der Waals surface area contributed by atoms with Crippen LogP contribution in [0.15, 0.2) is 36.7 Å². The molecule has 0 atom stereocenters. The molecule has 0 saturated carbocycles. The van der Waals surface area contributed by atoms with E-state index < -0.39 is 11.7 Å². The summed E-state index contributed by atoms with van der Waals surface area (Å²) in [6.45, 7) is 10.5. The van der Waals surface area contributed by atoms with Crippen molar-refractivity contribution >= 4 is 17.5 Å². The Kier molecular flexibility index (Phi) is 7.12. The first-order valence-electron chi connectivity index (χ1n) is 10.9. The molecule has 0 unspecified atom stereocenters. The standard InChI is InChI=1S/C24H32FN7O/c1-15(2)32-16(3)27-13-21(32)20-10-11-26-23(30-20)29-17-8-9-18(19(25)12-17)22(33)28-14-24(4,5)31(6)7/h8-13,15H,14H2,1-7H3,(H,28,33)(H,26,29,30). The Balaban J connectivity index is 1.76. The highest BCUT2D eigenvalue weighted by molar-refractivity contribution is 5.95. The monoisotopic (exact) mass is 453 g/mol. The van der Waals surface area contributed by atoms with Crippen molar-refractivity contribution in [3.8, 4) is 11.4 Å². The van der Waals surface area contributed by atoms with E-state index in [0.29, 0.717) is 23.9 Å². The Morgan fingerprint density at radius 2 is 1.94 bits per heavy atom. The SMILES string of the molecule is Cc1ncc(-c2ccnc(Nc3ccc(C(=O)NCC(C)(C)N(C)C)c(F)c3)n2)n1C(C)C. The molecule has 3 aromatic rings. The van der Waals surface area contributed by atoms with Crippen molar-refractivity contribution in [1.82, 2.24) is 29.7 Å². The fourth-order valence-corrected chi connectivity index (χ4v) is 3.31. The number of hydrogen-bond donors (Lipinski definition) is 2. The van der Waals surface area contributed by atoms with Gasteiger partial charge in [-0.25, -0.2) is 19.3 Å². The minimum atomic E-state index is -0.621. The third kappa shape index (κ3) is 5.54. The highest BCUT2D eigenvalue weighted by Crippen LogP contribution is 2.24. The molecule has 0 saturated heterocycles. The van der Waals surface area contributed by atoms with Gasteiger partial charge in [-0.3, -0.25) is 4.79 Å². The normalized spacial score (nSPS) is 11.8. The molecule has 33 heavy (non-hydrogen) atoms. The van der Waals surface area contributed by atoms with Crippen molar-refractivity contribution in [2.75, 3.05) is 26.0 Å². The lowest BCUT2D eigenvalue weighted by atomic mass is 10.0. The van der Waals surface area contributed by atoms with Crippen LogP contribution >= 0.6 is 0 Å². The van der Waals surface area contributed by atoms with Crippen LogP contribution in [0.2, 0.25) is 0 Å². The van der Waals surface area contributed by atoms with Gasteiger partial charge in [-0.1, -0.05) is 0 Å². The van der Waals surface area contributed by atoms with E-state index in [1.165, 1.54) is 12.1 Å². The number of amides is 1. The van der Waals surface area contributed by atoms with Crippen LogP contribution in [0.25, 0.3) is 11.4 Å². The first kappa shape index (κ1) is 24.3. The number of rotatable bonds is 8. The van der Waals surface area contributed by atoms with E-state index >= 15 is 0 Å². The van der Waals surface area contributed by atoms with Gasteiger partial charge in [0.15, 0.2) is 0 Å². The number of likely N-dealkylation sites (N-methyl/N-ethyl adjacent to an activating group) is 1. The molecule has 1 amide bonds. The summed E-state index contributed by atoms with van der Waals surface area (Å²) in [7, 11) is 3.87. The largest absolute Gasteiger partial charge is 0.350 e. The molecule has 2 aromatic heterocycles. The van der Waals surface area contributed by atoms with Crippen LogP contribution in [0.1, 0.15) is 49.9 Å². The molecule has 3 rings (SSSR count). The van der Waals surface area contributed by atoms with Crippen LogP contribution in [-0.2, 0) is 0 Å². The number of halogens is 1. The summed E-state index contributed by atoms with van der Waals surface area (Å²) in [5, 5.41) is 5.82. The van der Waals surface area contributed by atoms with Gasteiger partial charge in [-0.05, 0) is 73.0 Å². The highest BCUT2D eigenvalue weighted by atomic mass is 19.1. The number of carbonyl (C=O) groups excluding carboxylic acids is 1. The molecule has 2 heterocycles. The van der Waals surface area contributed by atoms with Crippen molar-refractivity contribution in [3.05, 3.63) is 53.9 Å². The summed E-state index contributed by atoms with van der Waals surface area (Å²) in [6, 6.07) is 6.39. The van der Waals surface area contributed by atoms with Gasteiger partial charge in [-0.2, -0.15) is 0 Å². The van der Waals surface area contributed by atoms with Crippen LogP contribution in [0.4, 0.5) is 16.0 Å². The van der Waals surface area contributed by atoms with E-state index in [4.69, 9.17) is 0 Å². The third-order valence-electron chi connectivity index (χ3n) is 5.78. The fourth-order valence-electron chi connectivity index (χ4n) is 3.31. The Labute approximate surface area is 194 Å². The van der Waals surface area contributed by atoms with Gasteiger partial charge in [-0.15, -0.1) is 0 Å². The molecule has 0 spiro atoms. The molecular formula is C24H32FN7O. The number of aryl methyl sites for hydroxylation is 1. The smallest absolute Gasteiger partial charge is 0.254 e. The second-order valence-electron chi connectivity index (χ2n) is 9.13. The minimum Gasteiger partial charge on any atom is -0.350 e. The Hall–Kier alpha value is -3.33. The van der Waals surface area contributed by atoms with Crippen molar-refractivity contribution < 1.29 is 9.18 Å². The van der Waals surface area contributed by atoms with Crippen LogP contribution in [-0.4, -0.2) is 56.5 Å². The molecule has 0 bridgehead atoms. The zero-order valence-corrected chi connectivity index (χ0v) is 20.3. The van der Waals surface area contributed by atoms with Gasteiger partial charge in [0.1, 0.15) is 11.6 Å². The summed E-state index contributed by atoms with van der Waals surface area (Å²) >= 11 is 0. The van der Waals surface area contributed by atoms with Gasteiger partial charge < -0.3 is 20.1 Å². The number of anilines is 2. The number of hydrogen-bond acceptors (Lipinski definition) is 6. The molecule has 1 aromatic carbocycles. The van der Waals surface area contributed by atoms with Crippen LogP contribution in [0.5, 0.6) is 0 Å². The molecule has 9 heteroatoms. The summed E-state index contributed by atoms with van der Waals surface area (Å²) in [5.41, 5.74) is 1.78. The maximum atomic E-state index is 14.7. The molecule has 2 N–H and O–H groups in total. The number of benzene rings is 1. The van der Waals surface area contributed by atoms with E-state index in [1.807, 2.05) is 45.8 Å². The maximum Gasteiger partial charge on any atom is 0.254 e. The molecule has 8 nitrogen and oxygen atoms in total. The topological polar surface area (TPSA) is 88.0 Å². The molecule has 0 aliphatic rings. The van der Waals surface area contributed by atoms with Crippen molar-refractivity contribution in [2.24, 2.45) is 0 Å². The molecule has 0 radical (unpaired) electrons. The lowest BCUT2D eigenvalue weighted by Gasteiger charge is -2.32. The molecular weight excluding hydrogens is 421 g/mol. The number of carbonyl (C=O) groups is 1. The van der Waals surface area contributed by atoms with Gasteiger partial charge in [0, 0.05) is 30.0 Å². The highest BCUT2D eigenvalue weighted by Gasteiger charge is 2.22. The molecule has 176 valence electrons. The zero-order chi connectivity index (χ0) is 24.3. The van der Waals surface area contributed by atoms with Crippen molar-refractivity contribution in [1.29, 1.82) is 0 Å². The summed E-state index contributed by atoms with van der Waals surface area (Å²) in [5.74, 6) is 0.151. The predicted molar refractivity (Wildman–Crippen MR) is 128 cm³/mol. The minimum absolute atomic E-state index is 0.0129. The average molecular weight is 454 g/mol. The van der Waals surface area contributed by atoms with E-state index in [1.54, 1.807) is 18.5 Å². The molecule has 0 aliphatic carbocycles. The van der Waals surface area contributed by atoms with Crippen molar-refractivity contribution in [3.63, 3.8) is 0 Å². The lowest BCUT2D eigenvalue weighted by Crippen LogP contribution is -2.48. The molecule has 0 aliphatic heterocycles. The molecule has 0 fully saturated rings. The Morgan fingerprint density at radius 3 is 2.58 bits per heavy atom. The zero-order valence-electron chi connectivity index (χ0n) is 20.3. The number of aromatic nitrogens is 4. The van der Waals surface area contributed by atoms with E-state index in [2.05, 4.69) is 44.0 Å². The predicted octanol–water partition coefficient (Wildman–Crippen LogP) is 4.18. The van der Waals surface area contributed by atoms with Gasteiger partial charge in [0.05, 0.1) is 23.1 Å². The fraction of sp³-hybridized carbons (Fsp3) is 0.417. The first-order chi connectivity index (χ1) is 15.5.